The summed E-state index contributed by atoms with van der Waals surface area (Å²) in [4.78, 5) is 11.2. The van der Waals surface area contributed by atoms with Crippen LogP contribution >= 0.6 is 0 Å². The smallest absolute Gasteiger partial charge is 0.154 e. The second kappa shape index (κ2) is 4.37. The Bertz CT molecular complexity index is 406. The molecule has 0 N–H and O–H groups in total. The van der Waals surface area contributed by atoms with E-state index in [0.717, 1.165) is 11.8 Å². The highest BCUT2D eigenvalue weighted by atomic mass is 32.2. The van der Waals surface area contributed by atoms with Gasteiger partial charge in [-0.2, -0.15) is 0 Å². The number of benzene rings is 1. The van der Waals surface area contributed by atoms with Crippen LogP contribution in [0.3, 0.4) is 0 Å². The maximum Gasteiger partial charge on any atom is 0.154 e. The van der Waals surface area contributed by atoms with Gasteiger partial charge in [-0.3, -0.25) is 4.79 Å². The molecule has 1 aromatic carbocycles. The molecule has 0 aliphatic carbocycles. The number of ketones is 1. The zero-order valence-electron chi connectivity index (χ0n) is 7.93. The minimum Gasteiger partial charge on any atom is -0.298 e. The van der Waals surface area contributed by atoms with Crippen LogP contribution in [0.25, 0.3) is 0 Å². The van der Waals surface area contributed by atoms with Crippen molar-refractivity contribution in [3.63, 3.8) is 0 Å². The average Bonchev–Trinajstić information content (AvgIpc) is 2.02. The molecule has 0 aliphatic rings. The molecule has 3 nitrogen and oxygen atoms in total. The highest BCUT2D eigenvalue weighted by molar-refractivity contribution is 7.91. The van der Waals surface area contributed by atoms with Crippen LogP contribution in [0.2, 0.25) is 0 Å². The lowest BCUT2D eigenvalue weighted by Crippen LogP contribution is -2.16. The van der Waals surface area contributed by atoms with Gasteiger partial charge in [-0.25, -0.2) is 8.42 Å². The summed E-state index contributed by atoms with van der Waals surface area (Å²) in [6.45, 7) is 0. The Labute approximate surface area is 83.7 Å². The van der Waals surface area contributed by atoms with Crippen molar-refractivity contribution in [2.75, 3.05) is 12.0 Å². The summed E-state index contributed by atoms with van der Waals surface area (Å²) in [6, 6.07) is 9.11. The Hall–Kier alpha value is -1.16. The quantitative estimate of drug-likeness (QED) is 0.743. The van der Waals surface area contributed by atoms with Gasteiger partial charge < -0.3 is 0 Å². The fourth-order valence-corrected chi connectivity index (χ4v) is 1.85. The van der Waals surface area contributed by atoms with Crippen LogP contribution in [-0.4, -0.2) is 26.2 Å². The molecule has 0 unspecified atom stereocenters. The van der Waals surface area contributed by atoms with E-state index in [4.69, 9.17) is 0 Å². The van der Waals surface area contributed by atoms with Gasteiger partial charge in [0.25, 0.3) is 0 Å². The first-order chi connectivity index (χ1) is 6.47. The monoisotopic (exact) mass is 212 g/mol. The van der Waals surface area contributed by atoms with Gasteiger partial charge in [-0.1, -0.05) is 30.3 Å². The van der Waals surface area contributed by atoms with Gasteiger partial charge in [0.1, 0.15) is 5.75 Å². The second-order valence-electron chi connectivity index (χ2n) is 3.27. The highest BCUT2D eigenvalue weighted by Crippen LogP contribution is 2.01. The molecule has 0 atom stereocenters. The number of sulfone groups is 1. The molecule has 0 heterocycles. The first-order valence-electron chi connectivity index (χ1n) is 4.21. The Morgan fingerprint density at radius 1 is 1.21 bits per heavy atom. The molecule has 1 rings (SSSR count). The molecule has 0 aromatic heterocycles. The summed E-state index contributed by atoms with van der Waals surface area (Å²) < 4.78 is 21.6. The molecule has 76 valence electrons. The van der Waals surface area contributed by atoms with Crippen LogP contribution < -0.4 is 0 Å². The van der Waals surface area contributed by atoms with E-state index in [0.29, 0.717) is 0 Å². The third-order valence-electron chi connectivity index (χ3n) is 1.67. The van der Waals surface area contributed by atoms with Crippen molar-refractivity contribution >= 4 is 15.6 Å². The molecular weight excluding hydrogens is 200 g/mol. The van der Waals surface area contributed by atoms with Crippen molar-refractivity contribution in [3.8, 4) is 0 Å². The second-order valence-corrected chi connectivity index (χ2v) is 5.41. The number of hydrogen-bond donors (Lipinski definition) is 0. The van der Waals surface area contributed by atoms with Crippen LogP contribution in [0, 0.1) is 0 Å². The number of hydrogen-bond acceptors (Lipinski definition) is 3. The number of carbonyl (C=O) groups is 1. The third kappa shape index (κ3) is 4.18. The van der Waals surface area contributed by atoms with E-state index in [1.54, 1.807) is 12.1 Å². The van der Waals surface area contributed by atoms with Crippen molar-refractivity contribution in [3.05, 3.63) is 35.9 Å². The fourth-order valence-electron chi connectivity index (χ4n) is 1.17. The molecule has 1 aromatic rings. The summed E-state index contributed by atoms with van der Waals surface area (Å²) in [5, 5.41) is 0. The van der Waals surface area contributed by atoms with Crippen LogP contribution in [0.4, 0.5) is 0 Å². The van der Waals surface area contributed by atoms with Crippen molar-refractivity contribution in [1.82, 2.24) is 0 Å². The van der Waals surface area contributed by atoms with E-state index in [1.807, 2.05) is 18.2 Å². The summed E-state index contributed by atoms with van der Waals surface area (Å²) in [6.07, 6.45) is 1.25. The minimum atomic E-state index is -3.19. The van der Waals surface area contributed by atoms with E-state index in [1.165, 1.54) is 0 Å². The minimum absolute atomic E-state index is 0.188. The van der Waals surface area contributed by atoms with Gasteiger partial charge in [0.2, 0.25) is 0 Å². The maximum absolute atomic E-state index is 11.2. The maximum atomic E-state index is 11.2. The van der Waals surface area contributed by atoms with Crippen molar-refractivity contribution in [2.45, 2.75) is 6.42 Å². The SMILES string of the molecule is CS(=O)(=O)CC(=O)Cc1ccccc1. The average molecular weight is 212 g/mol. The highest BCUT2D eigenvalue weighted by Gasteiger charge is 2.10. The molecule has 0 aliphatic heterocycles. The van der Waals surface area contributed by atoms with Gasteiger partial charge in [0, 0.05) is 12.7 Å². The van der Waals surface area contributed by atoms with E-state index in [-0.39, 0.29) is 18.0 Å². The third-order valence-corrected chi connectivity index (χ3v) is 2.51. The van der Waals surface area contributed by atoms with Gasteiger partial charge in [0.15, 0.2) is 15.6 Å². The predicted molar refractivity (Wildman–Crippen MR) is 54.9 cm³/mol. The summed E-state index contributed by atoms with van der Waals surface area (Å²) >= 11 is 0. The molecule has 0 radical (unpaired) electrons. The van der Waals surface area contributed by atoms with E-state index < -0.39 is 9.84 Å². The zero-order chi connectivity index (χ0) is 10.6. The van der Waals surface area contributed by atoms with Crippen molar-refractivity contribution in [2.24, 2.45) is 0 Å². The first kappa shape index (κ1) is 10.9. The van der Waals surface area contributed by atoms with Gasteiger partial charge in [-0.15, -0.1) is 0 Å². The van der Waals surface area contributed by atoms with Crippen LogP contribution in [-0.2, 0) is 21.1 Å². The number of carbonyl (C=O) groups excluding carboxylic acids is 1. The van der Waals surface area contributed by atoms with E-state index >= 15 is 0 Å². The Morgan fingerprint density at radius 2 is 1.79 bits per heavy atom. The van der Waals surface area contributed by atoms with Gasteiger partial charge in [0.05, 0.1) is 0 Å². The van der Waals surface area contributed by atoms with Gasteiger partial charge in [-0.05, 0) is 5.56 Å². The molecule has 4 heteroatoms. The Balaban J connectivity index is 2.59. The molecule has 0 amide bonds. The molecule has 0 spiro atoms. The lowest BCUT2D eigenvalue weighted by atomic mass is 10.1. The molecule has 0 fully saturated rings. The zero-order valence-corrected chi connectivity index (χ0v) is 8.75. The largest absolute Gasteiger partial charge is 0.298 e. The summed E-state index contributed by atoms with van der Waals surface area (Å²) in [5.41, 5.74) is 0.848. The molecule has 0 saturated heterocycles. The first-order valence-corrected chi connectivity index (χ1v) is 6.27. The van der Waals surface area contributed by atoms with E-state index in [9.17, 15) is 13.2 Å². The predicted octanol–water partition coefficient (Wildman–Crippen LogP) is 0.843. The number of rotatable bonds is 4. The fraction of sp³-hybridized carbons (Fsp3) is 0.300. The molecule has 14 heavy (non-hydrogen) atoms. The van der Waals surface area contributed by atoms with Crippen molar-refractivity contribution in [1.29, 1.82) is 0 Å². The molecule has 0 bridgehead atoms. The summed E-state index contributed by atoms with van der Waals surface area (Å²) in [7, 11) is -3.19. The topological polar surface area (TPSA) is 51.2 Å². The Kier molecular flexibility index (Phi) is 3.41. The van der Waals surface area contributed by atoms with E-state index in [2.05, 4.69) is 0 Å². The molecule has 0 saturated carbocycles. The lowest BCUT2D eigenvalue weighted by molar-refractivity contribution is -0.116. The standard InChI is InChI=1S/C10H12O3S/c1-14(12,13)8-10(11)7-9-5-3-2-4-6-9/h2-6H,7-8H2,1H3. The molecular formula is C10H12O3S. The summed E-state index contributed by atoms with van der Waals surface area (Å²) in [5.74, 6) is -0.638. The van der Waals surface area contributed by atoms with Crippen LogP contribution in [0.5, 0.6) is 0 Å². The van der Waals surface area contributed by atoms with Gasteiger partial charge >= 0.3 is 0 Å². The lowest BCUT2D eigenvalue weighted by Gasteiger charge is -1.99. The Morgan fingerprint density at radius 3 is 2.29 bits per heavy atom. The van der Waals surface area contributed by atoms with Crippen LogP contribution in [0.15, 0.2) is 30.3 Å². The normalized spacial score (nSPS) is 11.2. The van der Waals surface area contributed by atoms with Crippen molar-refractivity contribution < 1.29 is 13.2 Å². The van der Waals surface area contributed by atoms with Crippen LogP contribution in [0.1, 0.15) is 5.56 Å². The number of Topliss-reactive ketones (excluding diaryl/α,β-unsaturated/α-hetero) is 1.